The smallest absolute Gasteiger partial charge is 0.124 e. The molecule has 0 spiro atoms. The summed E-state index contributed by atoms with van der Waals surface area (Å²) in [4.78, 5) is 12.9. The Hall–Kier alpha value is -1.15. The van der Waals surface area contributed by atoms with Crippen LogP contribution in [-0.2, 0) is 11.2 Å². The molecular weight excluding hydrogens is 198 g/mol. The molecule has 0 N–H and O–H groups in total. The third-order valence-corrected chi connectivity index (χ3v) is 3.37. The number of hydrogen-bond acceptors (Lipinski definition) is 2. The molecule has 0 amide bonds. The SMILES string of the molecule is CN1CCCC(c2cccc(CC=O)c2)C1. The minimum Gasteiger partial charge on any atom is -0.306 e. The van der Waals surface area contributed by atoms with Gasteiger partial charge < -0.3 is 9.69 Å². The molecule has 1 heterocycles. The van der Waals surface area contributed by atoms with Crippen LogP contribution in [0.15, 0.2) is 24.3 Å². The summed E-state index contributed by atoms with van der Waals surface area (Å²) in [5.41, 5.74) is 2.53. The lowest BCUT2D eigenvalue weighted by Crippen LogP contribution is -2.30. The monoisotopic (exact) mass is 217 g/mol. The number of benzene rings is 1. The third-order valence-electron chi connectivity index (χ3n) is 3.37. The van der Waals surface area contributed by atoms with Crippen molar-refractivity contribution in [2.24, 2.45) is 0 Å². The molecule has 2 rings (SSSR count). The molecule has 1 aromatic rings. The Balaban J connectivity index is 2.12. The fraction of sp³-hybridized carbons (Fsp3) is 0.500. The maximum atomic E-state index is 10.5. The van der Waals surface area contributed by atoms with E-state index in [0.717, 1.165) is 18.4 Å². The Morgan fingerprint density at radius 2 is 2.38 bits per heavy atom. The normalized spacial score (nSPS) is 21.9. The van der Waals surface area contributed by atoms with Crippen molar-refractivity contribution in [3.05, 3.63) is 35.4 Å². The fourth-order valence-corrected chi connectivity index (χ4v) is 2.51. The van der Waals surface area contributed by atoms with Crippen molar-refractivity contribution in [1.29, 1.82) is 0 Å². The maximum absolute atomic E-state index is 10.5. The van der Waals surface area contributed by atoms with E-state index in [4.69, 9.17) is 0 Å². The maximum Gasteiger partial charge on any atom is 0.124 e. The van der Waals surface area contributed by atoms with Crippen LogP contribution >= 0.6 is 0 Å². The number of piperidine rings is 1. The van der Waals surface area contributed by atoms with E-state index in [2.05, 4.69) is 30.1 Å². The molecule has 1 fully saturated rings. The molecule has 1 unspecified atom stereocenters. The molecule has 16 heavy (non-hydrogen) atoms. The van der Waals surface area contributed by atoms with Gasteiger partial charge in [0.15, 0.2) is 0 Å². The predicted molar refractivity (Wildman–Crippen MR) is 65.7 cm³/mol. The number of likely N-dealkylation sites (tertiary alicyclic amines) is 1. The van der Waals surface area contributed by atoms with E-state index in [1.807, 2.05) is 6.07 Å². The van der Waals surface area contributed by atoms with Gasteiger partial charge in [0.1, 0.15) is 6.29 Å². The van der Waals surface area contributed by atoms with Crippen molar-refractivity contribution in [2.75, 3.05) is 20.1 Å². The third kappa shape index (κ3) is 2.70. The number of nitrogens with zero attached hydrogens (tertiary/aromatic N) is 1. The van der Waals surface area contributed by atoms with Crippen molar-refractivity contribution in [2.45, 2.75) is 25.2 Å². The molecule has 2 heteroatoms. The van der Waals surface area contributed by atoms with Gasteiger partial charge in [0, 0.05) is 13.0 Å². The highest BCUT2D eigenvalue weighted by Gasteiger charge is 2.18. The Morgan fingerprint density at radius 1 is 1.50 bits per heavy atom. The first-order chi connectivity index (χ1) is 7.79. The lowest BCUT2D eigenvalue weighted by atomic mass is 9.90. The van der Waals surface area contributed by atoms with E-state index in [-0.39, 0.29) is 0 Å². The van der Waals surface area contributed by atoms with Gasteiger partial charge in [-0.15, -0.1) is 0 Å². The number of hydrogen-bond donors (Lipinski definition) is 0. The Labute approximate surface area is 97.3 Å². The van der Waals surface area contributed by atoms with E-state index in [9.17, 15) is 4.79 Å². The summed E-state index contributed by atoms with van der Waals surface area (Å²) >= 11 is 0. The molecule has 0 saturated carbocycles. The molecule has 0 aliphatic carbocycles. The van der Waals surface area contributed by atoms with Crippen molar-refractivity contribution in [1.82, 2.24) is 4.90 Å². The summed E-state index contributed by atoms with van der Waals surface area (Å²) in [6.45, 7) is 2.36. The van der Waals surface area contributed by atoms with Gasteiger partial charge in [-0.25, -0.2) is 0 Å². The van der Waals surface area contributed by atoms with E-state index >= 15 is 0 Å². The second-order valence-corrected chi connectivity index (χ2v) is 4.72. The van der Waals surface area contributed by atoms with Crippen molar-refractivity contribution in [3.63, 3.8) is 0 Å². The lowest BCUT2D eigenvalue weighted by molar-refractivity contribution is -0.107. The summed E-state index contributed by atoms with van der Waals surface area (Å²) in [6.07, 6.45) is 4.07. The first-order valence-electron chi connectivity index (χ1n) is 6.00. The van der Waals surface area contributed by atoms with Crippen molar-refractivity contribution in [3.8, 4) is 0 Å². The molecule has 1 atom stereocenters. The summed E-state index contributed by atoms with van der Waals surface area (Å²) in [7, 11) is 2.18. The Morgan fingerprint density at radius 3 is 3.12 bits per heavy atom. The first-order valence-corrected chi connectivity index (χ1v) is 6.00. The average molecular weight is 217 g/mol. The molecule has 1 saturated heterocycles. The first kappa shape index (κ1) is 11.3. The van der Waals surface area contributed by atoms with Gasteiger partial charge in [0.2, 0.25) is 0 Å². The van der Waals surface area contributed by atoms with Crippen LogP contribution < -0.4 is 0 Å². The van der Waals surface area contributed by atoms with Crippen LogP contribution in [-0.4, -0.2) is 31.3 Å². The van der Waals surface area contributed by atoms with E-state index in [1.54, 1.807) is 0 Å². The Bertz CT molecular complexity index is 362. The van der Waals surface area contributed by atoms with Crippen LogP contribution in [0.25, 0.3) is 0 Å². The van der Waals surface area contributed by atoms with Gasteiger partial charge in [-0.05, 0) is 43.5 Å². The largest absolute Gasteiger partial charge is 0.306 e. The number of aldehydes is 1. The highest BCUT2D eigenvalue weighted by molar-refractivity contribution is 5.55. The van der Waals surface area contributed by atoms with Crippen molar-refractivity contribution >= 4 is 6.29 Å². The van der Waals surface area contributed by atoms with Gasteiger partial charge in [-0.1, -0.05) is 24.3 Å². The second kappa shape index (κ2) is 5.26. The predicted octanol–water partition coefficient (Wildman–Crippen LogP) is 2.24. The molecule has 1 aliphatic rings. The van der Waals surface area contributed by atoms with Crippen LogP contribution in [0.2, 0.25) is 0 Å². The number of likely N-dealkylation sites (N-methyl/N-ethyl adjacent to an activating group) is 1. The molecule has 0 aromatic heterocycles. The quantitative estimate of drug-likeness (QED) is 0.724. The van der Waals surface area contributed by atoms with E-state index in [0.29, 0.717) is 12.3 Å². The van der Waals surface area contributed by atoms with Gasteiger partial charge in [0.25, 0.3) is 0 Å². The van der Waals surface area contributed by atoms with Crippen LogP contribution in [0.1, 0.15) is 29.9 Å². The average Bonchev–Trinajstić information content (AvgIpc) is 2.30. The zero-order valence-corrected chi connectivity index (χ0v) is 9.86. The summed E-state index contributed by atoms with van der Waals surface area (Å²) in [6, 6.07) is 8.49. The number of carbonyl (C=O) groups excluding carboxylic acids is 1. The minimum atomic E-state index is 0.538. The van der Waals surface area contributed by atoms with E-state index in [1.165, 1.54) is 24.9 Å². The van der Waals surface area contributed by atoms with Crippen molar-refractivity contribution < 1.29 is 4.79 Å². The topological polar surface area (TPSA) is 20.3 Å². The minimum absolute atomic E-state index is 0.538. The summed E-state index contributed by atoms with van der Waals surface area (Å²) in [5.74, 6) is 0.644. The molecule has 1 aliphatic heterocycles. The molecule has 0 radical (unpaired) electrons. The van der Waals surface area contributed by atoms with Gasteiger partial charge in [-0.3, -0.25) is 0 Å². The fourth-order valence-electron chi connectivity index (χ4n) is 2.51. The molecule has 0 bridgehead atoms. The number of rotatable bonds is 3. The van der Waals surface area contributed by atoms with Gasteiger partial charge in [-0.2, -0.15) is 0 Å². The highest BCUT2D eigenvalue weighted by Crippen LogP contribution is 2.26. The van der Waals surface area contributed by atoms with E-state index < -0.39 is 0 Å². The van der Waals surface area contributed by atoms with Crippen LogP contribution in [0, 0.1) is 0 Å². The molecule has 86 valence electrons. The molecular formula is C14H19NO. The summed E-state index contributed by atoms with van der Waals surface area (Å²) in [5, 5.41) is 0. The highest BCUT2D eigenvalue weighted by atomic mass is 16.1. The lowest BCUT2D eigenvalue weighted by Gasteiger charge is -2.30. The van der Waals surface area contributed by atoms with Crippen LogP contribution in [0.3, 0.4) is 0 Å². The second-order valence-electron chi connectivity index (χ2n) is 4.72. The Kier molecular flexibility index (Phi) is 3.73. The van der Waals surface area contributed by atoms with Gasteiger partial charge in [0.05, 0.1) is 0 Å². The van der Waals surface area contributed by atoms with Gasteiger partial charge >= 0.3 is 0 Å². The van der Waals surface area contributed by atoms with Crippen LogP contribution in [0.4, 0.5) is 0 Å². The standard InChI is InChI=1S/C14H19NO/c1-15-8-3-6-14(11-15)13-5-2-4-12(10-13)7-9-16/h2,4-5,9-10,14H,3,6-8,11H2,1H3. The number of carbonyl (C=O) groups is 1. The summed E-state index contributed by atoms with van der Waals surface area (Å²) < 4.78 is 0. The molecule has 1 aromatic carbocycles. The zero-order valence-electron chi connectivity index (χ0n) is 9.86. The zero-order chi connectivity index (χ0) is 11.4. The molecule has 2 nitrogen and oxygen atoms in total. The van der Waals surface area contributed by atoms with Crippen LogP contribution in [0.5, 0.6) is 0 Å².